The highest BCUT2D eigenvalue weighted by Gasteiger charge is 2.39. The number of carbonyl (C=O) groups is 1. The summed E-state index contributed by atoms with van der Waals surface area (Å²) < 4.78 is 20.6. The van der Waals surface area contributed by atoms with Crippen LogP contribution < -0.4 is 15.6 Å². The molecular weight excluding hydrogens is 431 g/mol. The number of aliphatic hydroxyl groups is 2. The Kier molecular flexibility index (Phi) is 6.09. The lowest BCUT2D eigenvalue weighted by Crippen LogP contribution is -2.52. The second-order valence-corrected chi connectivity index (χ2v) is 7.86. The van der Waals surface area contributed by atoms with E-state index in [1.807, 2.05) is 6.07 Å². The van der Waals surface area contributed by atoms with Crippen molar-refractivity contribution in [1.82, 2.24) is 14.9 Å². The number of ether oxygens (including phenoxy) is 1. The summed E-state index contributed by atoms with van der Waals surface area (Å²) in [6.07, 6.45) is 1.92. The molecule has 3 aromatic rings. The SMILES string of the molecule is N#CCCNC(=O)c1cc2ncc(Cc3ccc(F)cc3)c3c2n(c1=O)CC(CO)(CO)O3. The summed E-state index contributed by atoms with van der Waals surface area (Å²) in [5, 5.41) is 31.1. The predicted molar refractivity (Wildman–Crippen MR) is 115 cm³/mol. The van der Waals surface area contributed by atoms with E-state index in [4.69, 9.17) is 10.00 Å². The number of nitriles is 1. The quantitative estimate of drug-likeness (QED) is 0.453. The van der Waals surface area contributed by atoms with Crippen LogP contribution >= 0.6 is 0 Å². The van der Waals surface area contributed by atoms with Crippen LogP contribution in [0.5, 0.6) is 5.75 Å². The summed E-state index contributed by atoms with van der Waals surface area (Å²) >= 11 is 0. The molecule has 4 rings (SSSR count). The van der Waals surface area contributed by atoms with Gasteiger partial charge in [0.1, 0.15) is 16.9 Å². The average Bonchev–Trinajstić information content (AvgIpc) is 2.83. The number of hydrogen-bond acceptors (Lipinski definition) is 7. The van der Waals surface area contributed by atoms with Crippen molar-refractivity contribution in [1.29, 1.82) is 5.26 Å². The smallest absolute Gasteiger partial charge is 0.264 e. The third-order valence-corrected chi connectivity index (χ3v) is 5.55. The average molecular weight is 452 g/mol. The Morgan fingerprint density at radius 3 is 2.70 bits per heavy atom. The van der Waals surface area contributed by atoms with Crippen LogP contribution in [-0.4, -0.2) is 51.0 Å². The fourth-order valence-electron chi connectivity index (χ4n) is 3.80. The Hall–Kier alpha value is -3.81. The minimum absolute atomic E-state index is 0.0857. The largest absolute Gasteiger partial charge is 0.478 e. The highest BCUT2D eigenvalue weighted by Crippen LogP contribution is 2.37. The number of benzene rings is 1. The van der Waals surface area contributed by atoms with E-state index < -0.39 is 30.3 Å². The molecule has 0 bridgehead atoms. The topological polar surface area (TPSA) is 137 Å². The van der Waals surface area contributed by atoms with Gasteiger partial charge in [-0.1, -0.05) is 12.1 Å². The zero-order valence-corrected chi connectivity index (χ0v) is 17.5. The monoisotopic (exact) mass is 452 g/mol. The van der Waals surface area contributed by atoms with Crippen molar-refractivity contribution >= 4 is 16.9 Å². The van der Waals surface area contributed by atoms with Crippen molar-refractivity contribution in [3.8, 4) is 11.8 Å². The van der Waals surface area contributed by atoms with Gasteiger partial charge in [-0.25, -0.2) is 4.39 Å². The summed E-state index contributed by atoms with van der Waals surface area (Å²) in [7, 11) is 0. The number of halogens is 1. The first-order valence-corrected chi connectivity index (χ1v) is 10.3. The van der Waals surface area contributed by atoms with E-state index in [9.17, 15) is 24.2 Å². The highest BCUT2D eigenvalue weighted by atomic mass is 19.1. The molecule has 33 heavy (non-hydrogen) atoms. The van der Waals surface area contributed by atoms with Crippen molar-refractivity contribution < 1.29 is 24.1 Å². The van der Waals surface area contributed by atoms with Crippen LogP contribution in [0.1, 0.15) is 27.9 Å². The van der Waals surface area contributed by atoms with Crippen LogP contribution in [0.3, 0.4) is 0 Å². The lowest BCUT2D eigenvalue weighted by atomic mass is 9.99. The lowest BCUT2D eigenvalue weighted by Gasteiger charge is -2.37. The first-order chi connectivity index (χ1) is 15.9. The van der Waals surface area contributed by atoms with Gasteiger partial charge < -0.3 is 20.3 Å². The second-order valence-electron chi connectivity index (χ2n) is 7.86. The molecule has 0 saturated carbocycles. The van der Waals surface area contributed by atoms with Gasteiger partial charge in [-0.15, -0.1) is 0 Å². The van der Waals surface area contributed by atoms with Crippen LogP contribution in [0.2, 0.25) is 0 Å². The summed E-state index contributed by atoms with van der Waals surface area (Å²) in [4.78, 5) is 30.2. The fraction of sp³-hybridized carbons (Fsp3) is 0.304. The van der Waals surface area contributed by atoms with Crippen LogP contribution in [0, 0.1) is 17.1 Å². The molecular formula is C23H21FN4O5. The molecule has 9 nitrogen and oxygen atoms in total. The molecule has 1 aliphatic rings. The molecule has 1 aliphatic heterocycles. The number of carbonyl (C=O) groups excluding carboxylic acids is 1. The maximum Gasteiger partial charge on any atom is 0.264 e. The Balaban J connectivity index is 1.87. The van der Waals surface area contributed by atoms with Gasteiger partial charge in [-0.3, -0.25) is 19.1 Å². The number of amides is 1. The molecule has 3 heterocycles. The second kappa shape index (κ2) is 8.97. The minimum Gasteiger partial charge on any atom is -0.478 e. The van der Waals surface area contributed by atoms with Crippen molar-refractivity contribution in [3.63, 3.8) is 0 Å². The lowest BCUT2D eigenvalue weighted by molar-refractivity contribution is -0.0511. The van der Waals surface area contributed by atoms with Gasteiger partial charge in [0.2, 0.25) is 0 Å². The van der Waals surface area contributed by atoms with Crippen LogP contribution in [0.15, 0.2) is 41.3 Å². The number of rotatable bonds is 7. The Bertz CT molecular complexity index is 1310. The number of nitrogens with zero attached hydrogens (tertiary/aromatic N) is 3. The molecule has 0 saturated heterocycles. The van der Waals surface area contributed by atoms with Gasteiger partial charge in [0.25, 0.3) is 11.5 Å². The van der Waals surface area contributed by atoms with E-state index in [0.29, 0.717) is 23.0 Å². The molecule has 0 atom stereocenters. The first kappa shape index (κ1) is 22.4. The normalized spacial score (nSPS) is 13.9. The van der Waals surface area contributed by atoms with Crippen molar-refractivity contribution in [2.24, 2.45) is 0 Å². The molecule has 0 fully saturated rings. The molecule has 0 aliphatic carbocycles. The molecule has 10 heteroatoms. The van der Waals surface area contributed by atoms with Gasteiger partial charge in [-0.05, 0) is 23.8 Å². The van der Waals surface area contributed by atoms with E-state index in [1.165, 1.54) is 29.0 Å². The van der Waals surface area contributed by atoms with Gasteiger partial charge in [0.05, 0.1) is 37.8 Å². The van der Waals surface area contributed by atoms with Crippen molar-refractivity contribution in [2.75, 3.05) is 19.8 Å². The van der Waals surface area contributed by atoms with E-state index in [-0.39, 0.29) is 36.6 Å². The van der Waals surface area contributed by atoms with Crippen molar-refractivity contribution in [2.45, 2.75) is 25.0 Å². The van der Waals surface area contributed by atoms with E-state index in [1.54, 1.807) is 12.1 Å². The zero-order chi connectivity index (χ0) is 23.6. The maximum atomic E-state index is 13.3. The Morgan fingerprint density at radius 2 is 2.03 bits per heavy atom. The molecule has 2 aromatic heterocycles. The predicted octanol–water partition coefficient (Wildman–Crippen LogP) is 0.886. The third-order valence-electron chi connectivity index (χ3n) is 5.55. The summed E-state index contributed by atoms with van der Waals surface area (Å²) in [5.74, 6) is -0.765. The van der Waals surface area contributed by atoms with Crippen LogP contribution in [-0.2, 0) is 13.0 Å². The molecule has 3 N–H and O–H groups in total. The first-order valence-electron chi connectivity index (χ1n) is 10.3. The van der Waals surface area contributed by atoms with E-state index in [0.717, 1.165) is 5.56 Å². The summed E-state index contributed by atoms with van der Waals surface area (Å²) in [5.41, 5.74) is -0.291. The van der Waals surface area contributed by atoms with Gasteiger partial charge >= 0.3 is 0 Å². The third kappa shape index (κ3) is 4.16. The number of aromatic nitrogens is 2. The van der Waals surface area contributed by atoms with Crippen molar-refractivity contribution in [3.05, 3.63) is 69.4 Å². The van der Waals surface area contributed by atoms with Gasteiger partial charge in [0.15, 0.2) is 11.4 Å². The number of pyridine rings is 2. The van der Waals surface area contributed by atoms with E-state index >= 15 is 0 Å². The number of nitrogens with one attached hydrogen (secondary N) is 1. The van der Waals surface area contributed by atoms with Gasteiger partial charge in [0, 0.05) is 24.7 Å². The molecule has 0 spiro atoms. The molecule has 0 radical (unpaired) electrons. The number of aliphatic hydroxyl groups excluding tert-OH is 2. The summed E-state index contributed by atoms with van der Waals surface area (Å²) in [6.45, 7) is -1.26. The van der Waals surface area contributed by atoms with Gasteiger partial charge in [-0.2, -0.15) is 5.26 Å². The fourth-order valence-corrected chi connectivity index (χ4v) is 3.80. The molecule has 1 aromatic carbocycles. The Morgan fingerprint density at radius 1 is 1.30 bits per heavy atom. The standard InChI is InChI=1S/C23H21FN4O5/c24-16-4-2-14(3-5-16)8-15-10-27-18-9-17(21(31)26-7-1-6-25)22(32)28-11-23(12-29,13-30)33-20(15)19(18)28/h2-5,9-10,29-30H,1,7-8,11-13H2,(H,26,31). The van der Waals surface area contributed by atoms with E-state index in [2.05, 4.69) is 10.3 Å². The number of hydrogen-bond donors (Lipinski definition) is 3. The minimum atomic E-state index is -1.49. The molecule has 0 unspecified atom stereocenters. The zero-order valence-electron chi connectivity index (χ0n) is 17.5. The van der Waals surface area contributed by atoms with Crippen LogP contribution in [0.25, 0.3) is 11.0 Å². The highest BCUT2D eigenvalue weighted by molar-refractivity contribution is 5.97. The Labute approximate surface area is 187 Å². The maximum absolute atomic E-state index is 13.3. The molecule has 1 amide bonds. The molecule has 170 valence electrons. The summed E-state index contributed by atoms with van der Waals surface area (Å²) in [6, 6.07) is 9.15. The van der Waals surface area contributed by atoms with Crippen LogP contribution in [0.4, 0.5) is 4.39 Å².